The highest BCUT2D eigenvalue weighted by molar-refractivity contribution is 5.83. The normalized spacial score (nSPS) is 14.0. The van der Waals surface area contributed by atoms with Gasteiger partial charge in [-0.15, -0.1) is 0 Å². The van der Waals surface area contributed by atoms with E-state index in [1.165, 1.54) is 0 Å². The molecule has 130 valence electrons. The molecule has 0 heterocycles. The van der Waals surface area contributed by atoms with Gasteiger partial charge in [-0.1, -0.05) is 0 Å². The van der Waals surface area contributed by atoms with E-state index in [4.69, 9.17) is 29.9 Å². The molecule has 0 unspecified atom stereocenters. The second-order valence-electron chi connectivity index (χ2n) is 6.25. The number of carboxylic acid groups (broad SMARTS) is 2. The van der Waals surface area contributed by atoms with Crippen LogP contribution in [0.3, 0.4) is 0 Å². The summed E-state index contributed by atoms with van der Waals surface area (Å²) in [6.07, 6.45) is -5.15. The predicted octanol–water partition coefficient (Wildman–Crippen LogP) is 0.614. The maximum atomic E-state index is 11.0. The lowest BCUT2D eigenvalue weighted by Crippen LogP contribution is -2.39. The van der Waals surface area contributed by atoms with Crippen LogP contribution in [0.5, 0.6) is 0 Å². The third-order valence-corrected chi connectivity index (χ3v) is 1.58. The summed E-state index contributed by atoms with van der Waals surface area (Å²) in [6, 6.07) is 0. The van der Waals surface area contributed by atoms with E-state index >= 15 is 0 Å². The molecule has 2 atom stereocenters. The molecule has 0 aromatic carbocycles. The molecule has 0 rings (SSSR count). The van der Waals surface area contributed by atoms with E-state index in [1.54, 1.807) is 41.5 Å². The third-order valence-electron chi connectivity index (χ3n) is 1.58. The Morgan fingerprint density at radius 1 is 0.727 bits per heavy atom. The van der Waals surface area contributed by atoms with Gasteiger partial charge in [0.05, 0.1) is 0 Å². The molecule has 9 nitrogen and oxygen atoms in total. The van der Waals surface area contributed by atoms with E-state index in [2.05, 4.69) is 0 Å². The van der Waals surface area contributed by atoms with Crippen molar-refractivity contribution in [3.8, 4) is 0 Å². The number of ether oxygens (including phenoxy) is 2. The number of aliphatic carboxylic acids is 2. The summed E-state index contributed by atoms with van der Waals surface area (Å²) in [7, 11) is 0. The summed E-state index contributed by atoms with van der Waals surface area (Å²) in [5, 5.41) is 32.5. The Hall–Kier alpha value is -1.87. The number of rotatable bonds is 3. The van der Waals surface area contributed by atoms with Crippen molar-refractivity contribution in [1.82, 2.24) is 0 Å². The molecule has 0 aliphatic rings. The lowest BCUT2D eigenvalue weighted by molar-refractivity contribution is -0.165. The zero-order valence-corrected chi connectivity index (χ0v) is 13.5. The van der Waals surface area contributed by atoms with Crippen LogP contribution in [-0.2, 0) is 19.1 Å². The van der Waals surface area contributed by atoms with Gasteiger partial charge in [-0.25, -0.2) is 14.4 Å². The highest BCUT2D eigenvalue weighted by Crippen LogP contribution is 2.13. The summed E-state index contributed by atoms with van der Waals surface area (Å²) in [5.41, 5.74) is -0.968. The summed E-state index contributed by atoms with van der Waals surface area (Å²) in [4.78, 5) is 30.6. The van der Waals surface area contributed by atoms with Crippen molar-refractivity contribution >= 4 is 18.1 Å². The van der Waals surface area contributed by atoms with Crippen molar-refractivity contribution in [2.45, 2.75) is 65.0 Å². The van der Waals surface area contributed by atoms with Gasteiger partial charge in [-0.2, -0.15) is 0 Å². The number of aliphatic hydroxyl groups excluding tert-OH is 2. The topological polar surface area (TPSA) is 151 Å². The van der Waals surface area contributed by atoms with Crippen LogP contribution >= 0.6 is 0 Å². The molecule has 0 saturated carbocycles. The molecule has 9 heteroatoms. The van der Waals surface area contributed by atoms with Crippen molar-refractivity contribution in [3.63, 3.8) is 0 Å². The standard InChI is InChI=1S/C9H18O3.C4H6O6/c1-8(2,3)11-7(10)12-9(4,5)6;5-1(3(7)8)2(6)4(9)10/h1-6H3;1-2,5-6H,(H,7,8)(H,9,10)/t;1-,2-/m.0/s1. The van der Waals surface area contributed by atoms with E-state index in [1.807, 2.05) is 0 Å². The zero-order chi connectivity index (χ0) is 18.3. The zero-order valence-electron chi connectivity index (χ0n) is 13.5. The molecule has 0 aliphatic carbocycles. The van der Waals surface area contributed by atoms with Crippen LogP contribution in [-0.4, -0.2) is 61.9 Å². The summed E-state index contributed by atoms with van der Waals surface area (Å²) >= 11 is 0. The molecule has 0 aromatic rings. The average Bonchev–Trinajstić information content (AvgIpc) is 2.21. The minimum atomic E-state index is -2.27. The van der Waals surface area contributed by atoms with Gasteiger partial charge >= 0.3 is 18.1 Å². The Bertz CT molecular complexity index is 353. The Morgan fingerprint density at radius 3 is 1.09 bits per heavy atom. The second-order valence-corrected chi connectivity index (χ2v) is 6.25. The highest BCUT2D eigenvalue weighted by atomic mass is 16.7. The Labute approximate surface area is 128 Å². The minimum Gasteiger partial charge on any atom is -0.479 e. The van der Waals surface area contributed by atoms with Gasteiger partial charge in [-0.05, 0) is 41.5 Å². The number of carbonyl (C=O) groups excluding carboxylic acids is 1. The van der Waals surface area contributed by atoms with E-state index in [0.29, 0.717) is 0 Å². The molecule has 0 radical (unpaired) electrons. The van der Waals surface area contributed by atoms with Crippen LogP contribution in [0.1, 0.15) is 41.5 Å². The van der Waals surface area contributed by atoms with E-state index < -0.39 is 41.5 Å². The maximum absolute atomic E-state index is 11.0. The first-order valence-corrected chi connectivity index (χ1v) is 6.30. The van der Waals surface area contributed by atoms with Crippen molar-refractivity contribution in [3.05, 3.63) is 0 Å². The largest absolute Gasteiger partial charge is 0.509 e. The first-order chi connectivity index (χ1) is 9.57. The smallest absolute Gasteiger partial charge is 0.479 e. The van der Waals surface area contributed by atoms with Crippen LogP contribution in [0, 0.1) is 0 Å². The van der Waals surface area contributed by atoms with Gasteiger partial charge in [-0.3, -0.25) is 0 Å². The monoisotopic (exact) mass is 324 g/mol. The van der Waals surface area contributed by atoms with Gasteiger partial charge in [0.25, 0.3) is 0 Å². The average molecular weight is 324 g/mol. The minimum absolute atomic E-state index is 0.484. The fourth-order valence-corrected chi connectivity index (χ4v) is 0.791. The number of hydrogen-bond donors (Lipinski definition) is 4. The molecule has 0 spiro atoms. The van der Waals surface area contributed by atoms with Gasteiger partial charge in [0.2, 0.25) is 0 Å². The molecule has 22 heavy (non-hydrogen) atoms. The Kier molecular flexibility index (Phi) is 8.70. The molecular weight excluding hydrogens is 300 g/mol. The SMILES string of the molecule is CC(C)(C)OC(=O)OC(C)(C)C.O=C(O)[C@@H](O)[C@H](O)C(=O)O. The molecule has 0 bridgehead atoms. The van der Waals surface area contributed by atoms with Crippen LogP contribution in [0.25, 0.3) is 0 Å². The van der Waals surface area contributed by atoms with Crippen LogP contribution < -0.4 is 0 Å². The van der Waals surface area contributed by atoms with Crippen molar-refractivity contribution in [1.29, 1.82) is 0 Å². The van der Waals surface area contributed by atoms with Crippen molar-refractivity contribution in [2.24, 2.45) is 0 Å². The lowest BCUT2D eigenvalue weighted by atomic mass is 10.2. The third kappa shape index (κ3) is 13.1. The fraction of sp³-hybridized carbons (Fsp3) is 0.769. The molecular formula is C13H24O9. The van der Waals surface area contributed by atoms with E-state index in [0.717, 1.165) is 0 Å². The first-order valence-electron chi connectivity index (χ1n) is 6.30. The van der Waals surface area contributed by atoms with Crippen LogP contribution in [0.4, 0.5) is 4.79 Å². The van der Waals surface area contributed by atoms with Crippen LogP contribution in [0.2, 0.25) is 0 Å². The van der Waals surface area contributed by atoms with Gasteiger partial charge in [0, 0.05) is 0 Å². The second kappa shape index (κ2) is 8.54. The molecule has 0 fully saturated rings. The molecule has 0 saturated heterocycles. The quantitative estimate of drug-likeness (QED) is 0.547. The molecule has 0 amide bonds. The fourth-order valence-electron chi connectivity index (χ4n) is 0.791. The number of carboxylic acids is 2. The van der Waals surface area contributed by atoms with Gasteiger partial charge in [0.15, 0.2) is 12.2 Å². The number of carbonyl (C=O) groups is 3. The first kappa shape index (κ1) is 22.4. The lowest BCUT2D eigenvalue weighted by Gasteiger charge is -2.24. The predicted molar refractivity (Wildman–Crippen MR) is 74.4 cm³/mol. The Morgan fingerprint density at radius 2 is 0.955 bits per heavy atom. The summed E-state index contributed by atoms with van der Waals surface area (Å²) in [6.45, 7) is 10.8. The number of hydrogen-bond acceptors (Lipinski definition) is 7. The Balaban J connectivity index is 0. The van der Waals surface area contributed by atoms with E-state index in [-0.39, 0.29) is 0 Å². The van der Waals surface area contributed by atoms with E-state index in [9.17, 15) is 14.4 Å². The van der Waals surface area contributed by atoms with Crippen molar-refractivity contribution in [2.75, 3.05) is 0 Å². The van der Waals surface area contributed by atoms with Crippen LogP contribution in [0.15, 0.2) is 0 Å². The maximum Gasteiger partial charge on any atom is 0.509 e. The summed E-state index contributed by atoms with van der Waals surface area (Å²) in [5.74, 6) is -3.54. The highest BCUT2D eigenvalue weighted by Gasteiger charge is 2.29. The molecule has 0 aliphatic heterocycles. The summed E-state index contributed by atoms with van der Waals surface area (Å²) < 4.78 is 9.91. The van der Waals surface area contributed by atoms with Gasteiger partial charge < -0.3 is 29.9 Å². The van der Waals surface area contributed by atoms with Crippen molar-refractivity contribution < 1.29 is 44.3 Å². The molecule has 4 N–H and O–H groups in total. The van der Waals surface area contributed by atoms with Gasteiger partial charge in [0.1, 0.15) is 11.2 Å². The number of aliphatic hydroxyl groups is 2. The molecule has 0 aromatic heterocycles.